The predicted octanol–water partition coefficient (Wildman–Crippen LogP) is -0.0736. The number of rotatable bonds is 6. The Hall–Kier alpha value is -2.37. The van der Waals surface area contributed by atoms with Crippen LogP contribution in [0.4, 0.5) is 0 Å². The van der Waals surface area contributed by atoms with E-state index in [1.54, 1.807) is 5.38 Å². The van der Waals surface area contributed by atoms with Gasteiger partial charge in [0.2, 0.25) is 5.91 Å². The summed E-state index contributed by atoms with van der Waals surface area (Å²) in [4.78, 5) is 42.5. The zero-order valence-electron chi connectivity index (χ0n) is 12.0. The molecule has 0 fully saturated rings. The first-order valence-corrected chi connectivity index (χ1v) is 8.11. The standard InChI is InChI=1S/C12H13N5O4S2/c1-6-15-8(5-22-6)12-16-7(4-23-12)11(20)14-2-9(18)13-3-10(19)17-21/h4-5,21H,2-3H2,1H3,(H,13,18)(H,14,20)(H,17,19). The van der Waals surface area contributed by atoms with Crippen LogP contribution in [0.3, 0.4) is 0 Å². The Morgan fingerprint density at radius 2 is 1.83 bits per heavy atom. The molecule has 4 N–H and O–H groups in total. The Morgan fingerprint density at radius 3 is 2.48 bits per heavy atom. The second-order valence-electron chi connectivity index (χ2n) is 4.28. The van der Waals surface area contributed by atoms with Gasteiger partial charge in [-0.1, -0.05) is 0 Å². The molecule has 2 aromatic heterocycles. The minimum Gasteiger partial charge on any atom is -0.345 e. The van der Waals surface area contributed by atoms with Crippen molar-refractivity contribution < 1.29 is 19.6 Å². The van der Waals surface area contributed by atoms with Gasteiger partial charge in [0.25, 0.3) is 11.8 Å². The number of carbonyl (C=O) groups is 3. The van der Waals surface area contributed by atoms with E-state index in [1.165, 1.54) is 28.2 Å². The maximum absolute atomic E-state index is 11.9. The quantitative estimate of drug-likeness (QED) is 0.423. The molecular formula is C12H13N5O4S2. The topological polar surface area (TPSA) is 133 Å². The fourth-order valence-electron chi connectivity index (χ4n) is 1.49. The second-order valence-corrected chi connectivity index (χ2v) is 6.20. The van der Waals surface area contributed by atoms with E-state index in [2.05, 4.69) is 20.6 Å². The molecule has 0 unspecified atom stereocenters. The van der Waals surface area contributed by atoms with E-state index in [9.17, 15) is 14.4 Å². The molecular weight excluding hydrogens is 342 g/mol. The molecule has 9 nitrogen and oxygen atoms in total. The summed E-state index contributed by atoms with van der Waals surface area (Å²) in [5.41, 5.74) is 2.28. The highest BCUT2D eigenvalue weighted by Gasteiger charge is 2.14. The van der Waals surface area contributed by atoms with Gasteiger partial charge in [0, 0.05) is 10.8 Å². The molecule has 2 heterocycles. The number of hydrogen-bond acceptors (Lipinski definition) is 8. The zero-order chi connectivity index (χ0) is 16.8. The zero-order valence-corrected chi connectivity index (χ0v) is 13.6. The molecule has 11 heteroatoms. The van der Waals surface area contributed by atoms with Crippen LogP contribution in [0.15, 0.2) is 10.8 Å². The Labute approximate surface area is 138 Å². The summed E-state index contributed by atoms with van der Waals surface area (Å²) in [6.45, 7) is 1.19. The van der Waals surface area contributed by atoms with Crippen LogP contribution in [0.1, 0.15) is 15.5 Å². The lowest BCUT2D eigenvalue weighted by atomic mass is 10.4. The van der Waals surface area contributed by atoms with Gasteiger partial charge >= 0.3 is 0 Å². The third-order valence-electron chi connectivity index (χ3n) is 2.56. The predicted molar refractivity (Wildman–Crippen MR) is 83.2 cm³/mol. The van der Waals surface area contributed by atoms with Crippen molar-refractivity contribution in [2.45, 2.75) is 6.92 Å². The number of nitrogens with zero attached hydrogens (tertiary/aromatic N) is 2. The lowest BCUT2D eigenvalue weighted by Gasteiger charge is -2.04. The average molecular weight is 355 g/mol. The molecule has 0 atom stereocenters. The minimum absolute atomic E-state index is 0.191. The van der Waals surface area contributed by atoms with Gasteiger partial charge < -0.3 is 10.6 Å². The van der Waals surface area contributed by atoms with Crippen LogP contribution in [0.5, 0.6) is 0 Å². The second kappa shape index (κ2) is 7.76. The van der Waals surface area contributed by atoms with E-state index >= 15 is 0 Å². The Kier molecular flexibility index (Phi) is 5.73. The van der Waals surface area contributed by atoms with Crippen molar-refractivity contribution in [1.29, 1.82) is 0 Å². The van der Waals surface area contributed by atoms with Gasteiger partial charge in [0.15, 0.2) is 0 Å². The molecule has 3 amide bonds. The van der Waals surface area contributed by atoms with Crippen molar-refractivity contribution in [2.75, 3.05) is 13.1 Å². The van der Waals surface area contributed by atoms with E-state index in [1.807, 2.05) is 12.3 Å². The van der Waals surface area contributed by atoms with Gasteiger partial charge in [-0.3, -0.25) is 19.6 Å². The third-order valence-corrected chi connectivity index (χ3v) is 4.19. The number of nitrogens with one attached hydrogen (secondary N) is 3. The normalized spacial score (nSPS) is 10.2. The van der Waals surface area contributed by atoms with Crippen molar-refractivity contribution >= 4 is 40.4 Å². The molecule has 0 saturated heterocycles. The van der Waals surface area contributed by atoms with Crippen LogP contribution in [0, 0.1) is 6.92 Å². The van der Waals surface area contributed by atoms with Crippen LogP contribution in [-0.4, -0.2) is 46.0 Å². The fourth-order valence-corrected chi connectivity index (χ4v) is 2.92. The number of carbonyl (C=O) groups excluding carboxylic acids is 3. The smallest absolute Gasteiger partial charge is 0.271 e. The summed E-state index contributed by atoms with van der Waals surface area (Å²) in [6, 6.07) is 0. The molecule has 2 aromatic rings. The Balaban J connectivity index is 1.85. The van der Waals surface area contributed by atoms with E-state index in [0.717, 1.165) is 5.01 Å². The van der Waals surface area contributed by atoms with Crippen molar-refractivity contribution in [2.24, 2.45) is 0 Å². The molecule has 122 valence electrons. The fraction of sp³-hybridized carbons (Fsp3) is 0.250. The van der Waals surface area contributed by atoms with Gasteiger partial charge in [-0.2, -0.15) is 0 Å². The lowest BCUT2D eigenvalue weighted by Crippen LogP contribution is -2.41. The lowest BCUT2D eigenvalue weighted by molar-refractivity contribution is -0.130. The van der Waals surface area contributed by atoms with Gasteiger partial charge in [0.1, 0.15) is 16.4 Å². The first-order valence-electron chi connectivity index (χ1n) is 6.35. The van der Waals surface area contributed by atoms with Gasteiger partial charge in [-0.05, 0) is 6.92 Å². The molecule has 0 radical (unpaired) electrons. The number of hydrogen-bond donors (Lipinski definition) is 4. The monoisotopic (exact) mass is 355 g/mol. The summed E-state index contributed by atoms with van der Waals surface area (Å²) < 4.78 is 0. The van der Waals surface area contributed by atoms with E-state index in [-0.39, 0.29) is 18.8 Å². The maximum Gasteiger partial charge on any atom is 0.271 e. The minimum atomic E-state index is -0.757. The molecule has 0 spiro atoms. The van der Waals surface area contributed by atoms with Crippen LogP contribution >= 0.6 is 22.7 Å². The van der Waals surface area contributed by atoms with Crippen LogP contribution in [0.25, 0.3) is 10.7 Å². The highest BCUT2D eigenvalue weighted by molar-refractivity contribution is 7.14. The summed E-state index contributed by atoms with van der Waals surface area (Å²) in [5, 5.41) is 17.9. The highest BCUT2D eigenvalue weighted by Crippen LogP contribution is 2.24. The van der Waals surface area contributed by atoms with Gasteiger partial charge in [0.05, 0.1) is 18.1 Å². The van der Waals surface area contributed by atoms with E-state index in [0.29, 0.717) is 10.7 Å². The maximum atomic E-state index is 11.9. The first kappa shape index (κ1) is 17.0. The number of aromatic nitrogens is 2. The van der Waals surface area contributed by atoms with Crippen molar-refractivity contribution in [3.8, 4) is 10.7 Å². The molecule has 2 rings (SSSR count). The van der Waals surface area contributed by atoms with E-state index < -0.39 is 17.7 Å². The molecule has 23 heavy (non-hydrogen) atoms. The number of thiazole rings is 2. The van der Waals surface area contributed by atoms with Crippen LogP contribution in [0.2, 0.25) is 0 Å². The average Bonchev–Trinajstić information content (AvgIpc) is 3.18. The SMILES string of the molecule is Cc1nc(-c2nc(C(=O)NCC(=O)NCC(=O)NO)cs2)cs1. The summed E-state index contributed by atoms with van der Waals surface area (Å²) in [6.07, 6.45) is 0. The first-order chi connectivity index (χ1) is 11.0. The molecule has 0 bridgehead atoms. The van der Waals surface area contributed by atoms with Crippen molar-refractivity contribution in [1.82, 2.24) is 26.1 Å². The molecule has 0 saturated carbocycles. The van der Waals surface area contributed by atoms with E-state index in [4.69, 9.17) is 5.21 Å². The van der Waals surface area contributed by atoms with Crippen LogP contribution in [-0.2, 0) is 9.59 Å². The summed E-state index contributed by atoms with van der Waals surface area (Å²) in [5.74, 6) is -1.82. The summed E-state index contributed by atoms with van der Waals surface area (Å²) >= 11 is 2.78. The molecule has 0 aliphatic rings. The number of amides is 3. The third kappa shape index (κ3) is 4.81. The van der Waals surface area contributed by atoms with Crippen molar-refractivity contribution in [3.05, 3.63) is 21.5 Å². The Morgan fingerprint density at radius 1 is 1.09 bits per heavy atom. The molecule has 0 aliphatic carbocycles. The Bertz CT molecular complexity index is 727. The number of hydroxylamine groups is 1. The van der Waals surface area contributed by atoms with Gasteiger partial charge in [-0.15, -0.1) is 22.7 Å². The molecule has 0 aliphatic heterocycles. The highest BCUT2D eigenvalue weighted by atomic mass is 32.1. The van der Waals surface area contributed by atoms with Crippen LogP contribution < -0.4 is 16.1 Å². The van der Waals surface area contributed by atoms with Gasteiger partial charge in [-0.25, -0.2) is 15.4 Å². The van der Waals surface area contributed by atoms with Crippen molar-refractivity contribution in [3.63, 3.8) is 0 Å². The number of aryl methyl sites for hydroxylation is 1. The summed E-state index contributed by atoms with van der Waals surface area (Å²) in [7, 11) is 0. The molecule has 0 aromatic carbocycles. The largest absolute Gasteiger partial charge is 0.345 e.